The first-order valence-corrected chi connectivity index (χ1v) is 9.76. The van der Waals surface area contributed by atoms with Gasteiger partial charge in [-0.25, -0.2) is 13.1 Å². The van der Waals surface area contributed by atoms with Crippen LogP contribution in [-0.4, -0.2) is 50.3 Å². The predicted molar refractivity (Wildman–Crippen MR) is 102 cm³/mol. The molecule has 144 valence electrons. The molecule has 1 heterocycles. The molecule has 0 saturated heterocycles. The van der Waals surface area contributed by atoms with Crippen LogP contribution in [0.5, 0.6) is 0 Å². The van der Waals surface area contributed by atoms with Gasteiger partial charge in [-0.05, 0) is 48.4 Å². The number of aromatic nitrogens is 1. The van der Waals surface area contributed by atoms with E-state index in [9.17, 15) is 18.0 Å². The molecular formula is C18H22N4O4S. The summed E-state index contributed by atoms with van der Waals surface area (Å²) in [7, 11) is -2.19. The molecule has 2 amide bonds. The molecule has 0 spiro atoms. The number of nitrogens with zero attached hydrogens (tertiary/aromatic N) is 2. The summed E-state index contributed by atoms with van der Waals surface area (Å²) in [6.45, 7) is 1.50. The van der Waals surface area contributed by atoms with Gasteiger partial charge in [-0.1, -0.05) is 0 Å². The van der Waals surface area contributed by atoms with E-state index in [1.165, 1.54) is 36.1 Å². The molecule has 1 aromatic carbocycles. The van der Waals surface area contributed by atoms with Gasteiger partial charge in [0.15, 0.2) is 0 Å². The standard InChI is InChI=1S/C18H22N4O4S/c1-14(23)21-16-3-5-17(6-4-16)27(25,26)20-13-18(24)22(2)12-9-15-7-10-19-11-8-15/h3-8,10-11,20H,9,12-13H2,1-2H3,(H,21,23). The molecule has 0 aliphatic rings. The number of nitrogens with one attached hydrogen (secondary N) is 2. The maximum absolute atomic E-state index is 12.3. The normalized spacial score (nSPS) is 11.0. The summed E-state index contributed by atoms with van der Waals surface area (Å²) < 4.78 is 26.9. The minimum atomic E-state index is -3.82. The van der Waals surface area contributed by atoms with Crippen molar-refractivity contribution in [3.8, 4) is 0 Å². The van der Waals surface area contributed by atoms with E-state index < -0.39 is 10.0 Å². The molecule has 2 N–H and O–H groups in total. The highest BCUT2D eigenvalue weighted by atomic mass is 32.2. The van der Waals surface area contributed by atoms with Gasteiger partial charge in [0.2, 0.25) is 21.8 Å². The summed E-state index contributed by atoms with van der Waals surface area (Å²) in [5, 5.41) is 2.56. The fraction of sp³-hybridized carbons (Fsp3) is 0.278. The first kappa shape index (κ1) is 20.5. The van der Waals surface area contributed by atoms with E-state index in [1.807, 2.05) is 12.1 Å². The van der Waals surface area contributed by atoms with E-state index in [0.29, 0.717) is 18.7 Å². The molecule has 0 aliphatic carbocycles. The SMILES string of the molecule is CC(=O)Nc1ccc(S(=O)(=O)NCC(=O)N(C)CCc2ccncc2)cc1. The predicted octanol–water partition coefficient (Wildman–Crippen LogP) is 1.02. The van der Waals surface area contributed by atoms with Gasteiger partial charge in [-0.15, -0.1) is 0 Å². The number of hydrogen-bond donors (Lipinski definition) is 2. The Kier molecular flexibility index (Phi) is 7.03. The Balaban J connectivity index is 1.87. The van der Waals surface area contributed by atoms with Crippen LogP contribution in [0.2, 0.25) is 0 Å². The quantitative estimate of drug-likeness (QED) is 0.700. The monoisotopic (exact) mass is 390 g/mol. The zero-order chi connectivity index (χ0) is 19.9. The van der Waals surface area contributed by atoms with Crippen molar-refractivity contribution in [1.82, 2.24) is 14.6 Å². The number of carbonyl (C=O) groups is 2. The van der Waals surface area contributed by atoms with Crippen molar-refractivity contribution in [2.24, 2.45) is 0 Å². The van der Waals surface area contributed by atoms with Crippen molar-refractivity contribution in [2.45, 2.75) is 18.2 Å². The van der Waals surface area contributed by atoms with Crippen LogP contribution in [0.3, 0.4) is 0 Å². The molecule has 0 fully saturated rings. The molecule has 2 rings (SSSR count). The minimum Gasteiger partial charge on any atom is -0.344 e. The number of rotatable bonds is 8. The van der Waals surface area contributed by atoms with Crippen LogP contribution in [-0.2, 0) is 26.0 Å². The zero-order valence-corrected chi connectivity index (χ0v) is 16.0. The Bertz CT molecular complexity index is 883. The van der Waals surface area contributed by atoms with E-state index >= 15 is 0 Å². The summed E-state index contributed by atoms with van der Waals surface area (Å²) in [6.07, 6.45) is 4.02. The molecule has 27 heavy (non-hydrogen) atoms. The molecular weight excluding hydrogens is 368 g/mol. The van der Waals surface area contributed by atoms with Crippen LogP contribution in [0, 0.1) is 0 Å². The minimum absolute atomic E-state index is 0.0174. The zero-order valence-electron chi connectivity index (χ0n) is 15.2. The summed E-state index contributed by atoms with van der Waals surface area (Å²) in [6, 6.07) is 9.44. The second kappa shape index (κ2) is 9.24. The van der Waals surface area contributed by atoms with Gasteiger partial charge in [0.25, 0.3) is 0 Å². The smallest absolute Gasteiger partial charge is 0.241 e. The summed E-state index contributed by atoms with van der Waals surface area (Å²) in [5.74, 6) is -0.577. The van der Waals surface area contributed by atoms with Gasteiger partial charge in [-0.2, -0.15) is 0 Å². The molecule has 0 atom stereocenters. The topological polar surface area (TPSA) is 108 Å². The molecule has 0 radical (unpaired) electrons. The average Bonchev–Trinajstić information content (AvgIpc) is 2.65. The van der Waals surface area contributed by atoms with Crippen LogP contribution >= 0.6 is 0 Å². The molecule has 2 aromatic rings. The van der Waals surface area contributed by atoms with Crippen LogP contribution < -0.4 is 10.0 Å². The van der Waals surface area contributed by atoms with Gasteiger partial charge in [-0.3, -0.25) is 14.6 Å². The third-order valence-corrected chi connectivity index (χ3v) is 5.23. The van der Waals surface area contributed by atoms with Crippen molar-refractivity contribution in [3.63, 3.8) is 0 Å². The maximum atomic E-state index is 12.3. The van der Waals surface area contributed by atoms with Crippen molar-refractivity contribution in [2.75, 3.05) is 25.5 Å². The largest absolute Gasteiger partial charge is 0.344 e. The van der Waals surface area contributed by atoms with Gasteiger partial charge in [0.05, 0.1) is 11.4 Å². The van der Waals surface area contributed by atoms with E-state index in [1.54, 1.807) is 19.4 Å². The molecule has 0 unspecified atom stereocenters. The van der Waals surface area contributed by atoms with Crippen molar-refractivity contribution in [1.29, 1.82) is 0 Å². The average molecular weight is 390 g/mol. The van der Waals surface area contributed by atoms with Crippen LogP contribution in [0.4, 0.5) is 5.69 Å². The first-order valence-electron chi connectivity index (χ1n) is 8.28. The lowest BCUT2D eigenvalue weighted by atomic mass is 10.2. The number of anilines is 1. The Labute approximate surface area is 158 Å². The van der Waals surface area contributed by atoms with Gasteiger partial charge in [0, 0.05) is 38.6 Å². The lowest BCUT2D eigenvalue weighted by Gasteiger charge is -2.17. The van der Waals surface area contributed by atoms with Crippen LogP contribution in [0.25, 0.3) is 0 Å². The Morgan fingerprint density at radius 3 is 2.30 bits per heavy atom. The number of hydrogen-bond acceptors (Lipinski definition) is 5. The van der Waals surface area contributed by atoms with E-state index in [0.717, 1.165) is 5.56 Å². The highest BCUT2D eigenvalue weighted by Gasteiger charge is 2.17. The Morgan fingerprint density at radius 2 is 1.70 bits per heavy atom. The van der Waals surface area contributed by atoms with E-state index in [2.05, 4.69) is 15.0 Å². The lowest BCUT2D eigenvalue weighted by Crippen LogP contribution is -2.38. The summed E-state index contributed by atoms with van der Waals surface area (Å²) in [5.41, 5.74) is 1.54. The molecule has 1 aromatic heterocycles. The maximum Gasteiger partial charge on any atom is 0.241 e. The van der Waals surface area contributed by atoms with Crippen molar-refractivity contribution >= 4 is 27.5 Å². The van der Waals surface area contributed by atoms with Crippen molar-refractivity contribution < 1.29 is 18.0 Å². The lowest BCUT2D eigenvalue weighted by molar-refractivity contribution is -0.128. The first-order chi connectivity index (χ1) is 12.8. The van der Waals surface area contributed by atoms with Crippen LogP contribution in [0.1, 0.15) is 12.5 Å². The highest BCUT2D eigenvalue weighted by molar-refractivity contribution is 7.89. The number of sulfonamides is 1. The molecule has 0 saturated carbocycles. The summed E-state index contributed by atoms with van der Waals surface area (Å²) in [4.78, 5) is 28.6. The van der Waals surface area contributed by atoms with Crippen LogP contribution in [0.15, 0.2) is 53.7 Å². The Hall–Kier alpha value is -2.78. The second-order valence-corrected chi connectivity index (χ2v) is 7.72. The summed E-state index contributed by atoms with van der Waals surface area (Å²) >= 11 is 0. The van der Waals surface area contributed by atoms with Crippen molar-refractivity contribution in [3.05, 3.63) is 54.4 Å². The number of amides is 2. The fourth-order valence-electron chi connectivity index (χ4n) is 2.27. The van der Waals surface area contributed by atoms with E-state index in [4.69, 9.17) is 0 Å². The third-order valence-electron chi connectivity index (χ3n) is 3.81. The number of likely N-dealkylation sites (N-methyl/N-ethyl adjacent to an activating group) is 1. The van der Waals surface area contributed by atoms with Gasteiger partial charge < -0.3 is 10.2 Å². The molecule has 0 bridgehead atoms. The van der Waals surface area contributed by atoms with E-state index in [-0.39, 0.29) is 23.3 Å². The van der Waals surface area contributed by atoms with Gasteiger partial charge >= 0.3 is 0 Å². The molecule has 9 heteroatoms. The third kappa shape index (κ3) is 6.46. The number of benzene rings is 1. The van der Waals surface area contributed by atoms with Gasteiger partial charge in [0.1, 0.15) is 0 Å². The number of pyridine rings is 1. The number of carbonyl (C=O) groups excluding carboxylic acids is 2. The molecule has 8 nitrogen and oxygen atoms in total. The highest BCUT2D eigenvalue weighted by Crippen LogP contribution is 2.13. The fourth-order valence-corrected chi connectivity index (χ4v) is 3.24. The molecule has 0 aliphatic heterocycles. The Morgan fingerprint density at radius 1 is 1.07 bits per heavy atom. The second-order valence-electron chi connectivity index (χ2n) is 5.95.